The third-order valence-electron chi connectivity index (χ3n) is 4.38. The molecule has 0 fully saturated rings. The molecule has 0 N–H and O–H groups in total. The zero-order chi connectivity index (χ0) is 16.4. The summed E-state index contributed by atoms with van der Waals surface area (Å²) in [7, 11) is 0. The Bertz CT molecular complexity index is 807. The fourth-order valence-electron chi connectivity index (χ4n) is 3.17. The van der Waals surface area contributed by atoms with Crippen molar-refractivity contribution in [3.63, 3.8) is 0 Å². The Balaban J connectivity index is 2.03. The lowest BCUT2D eigenvalue weighted by Crippen LogP contribution is -2.40. The van der Waals surface area contributed by atoms with Crippen molar-refractivity contribution in [2.75, 3.05) is 6.54 Å². The molecule has 0 unspecified atom stereocenters. The van der Waals surface area contributed by atoms with E-state index in [4.69, 9.17) is 6.42 Å². The summed E-state index contributed by atoms with van der Waals surface area (Å²) in [4.78, 5) is 26.8. The van der Waals surface area contributed by atoms with Crippen LogP contribution < -0.4 is 0 Å². The van der Waals surface area contributed by atoms with Crippen LogP contribution in [0.2, 0.25) is 0 Å². The van der Waals surface area contributed by atoms with E-state index in [9.17, 15) is 9.59 Å². The molecule has 3 rings (SSSR count). The fraction of sp³-hybridized carbons (Fsp3) is 0.300. The Morgan fingerprint density at radius 3 is 2.43 bits per heavy atom. The minimum absolute atomic E-state index is 0.209. The van der Waals surface area contributed by atoms with Gasteiger partial charge in [0, 0.05) is 28.6 Å². The van der Waals surface area contributed by atoms with Gasteiger partial charge in [-0.3, -0.25) is 14.5 Å². The lowest BCUT2D eigenvalue weighted by Gasteiger charge is -2.27. The van der Waals surface area contributed by atoms with Crippen LogP contribution in [0.3, 0.4) is 0 Å². The monoisotopic (exact) mass is 305 g/mol. The summed E-state index contributed by atoms with van der Waals surface area (Å²) in [6.45, 7) is 2.61. The van der Waals surface area contributed by atoms with Gasteiger partial charge in [0.15, 0.2) is 0 Å². The van der Waals surface area contributed by atoms with Gasteiger partial charge in [-0.2, -0.15) is 0 Å². The summed E-state index contributed by atoms with van der Waals surface area (Å²) in [5.41, 5.74) is 1.86. The van der Waals surface area contributed by atoms with Crippen LogP contribution in [-0.4, -0.2) is 23.3 Å². The fourth-order valence-corrected chi connectivity index (χ4v) is 3.17. The molecule has 1 aliphatic heterocycles. The highest BCUT2D eigenvalue weighted by Crippen LogP contribution is 2.32. The first-order valence-electron chi connectivity index (χ1n) is 8.07. The number of amides is 2. The van der Waals surface area contributed by atoms with Crippen molar-refractivity contribution in [1.29, 1.82) is 0 Å². The van der Waals surface area contributed by atoms with Gasteiger partial charge in [-0.05, 0) is 30.0 Å². The van der Waals surface area contributed by atoms with Gasteiger partial charge in [-0.25, -0.2) is 0 Å². The Kier molecular flexibility index (Phi) is 4.16. The molecule has 2 amide bonds. The van der Waals surface area contributed by atoms with Gasteiger partial charge in [0.1, 0.15) is 0 Å². The van der Waals surface area contributed by atoms with Gasteiger partial charge in [0.2, 0.25) is 0 Å². The first-order valence-corrected chi connectivity index (χ1v) is 8.07. The molecule has 0 bridgehead atoms. The lowest BCUT2D eigenvalue weighted by atomic mass is 9.91. The number of benzene rings is 2. The van der Waals surface area contributed by atoms with E-state index >= 15 is 0 Å². The minimum atomic E-state index is -0.209. The first-order chi connectivity index (χ1) is 11.2. The predicted molar refractivity (Wildman–Crippen MR) is 91.4 cm³/mol. The number of imide groups is 1. The minimum Gasteiger partial charge on any atom is -0.274 e. The average Bonchev–Trinajstić information content (AvgIpc) is 2.58. The summed E-state index contributed by atoms with van der Waals surface area (Å²) in [6, 6.07) is 9.00. The van der Waals surface area contributed by atoms with E-state index in [1.54, 1.807) is 18.2 Å². The number of hydrogen-bond donors (Lipinski definition) is 0. The van der Waals surface area contributed by atoms with Gasteiger partial charge >= 0.3 is 0 Å². The Morgan fingerprint density at radius 1 is 1.00 bits per heavy atom. The number of carbonyl (C=O) groups is 2. The number of terminal acetylenes is 1. The lowest BCUT2D eigenvalue weighted by molar-refractivity contribution is 0.0608. The van der Waals surface area contributed by atoms with Crippen LogP contribution in [0.1, 0.15) is 58.9 Å². The third-order valence-corrected chi connectivity index (χ3v) is 4.38. The molecule has 2 aromatic rings. The summed E-state index contributed by atoms with van der Waals surface area (Å²) < 4.78 is 0. The van der Waals surface area contributed by atoms with Gasteiger partial charge < -0.3 is 0 Å². The van der Waals surface area contributed by atoms with E-state index in [2.05, 4.69) is 12.8 Å². The number of nitrogens with zero attached hydrogens (tertiary/aromatic N) is 1. The SMILES string of the molecule is C#Cc1ccc2c3c(cccc13)C(=O)N(CCCCCC)C2=O. The molecule has 3 heteroatoms. The van der Waals surface area contributed by atoms with Crippen molar-refractivity contribution in [2.45, 2.75) is 32.6 Å². The highest BCUT2D eigenvalue weighted by atomic mass is 16.2. The Hall–Kier alpha value is -2.60. The highest BCUT2D eigenvalue weighted by molar-refractivity contribution is 6.25. The number of unbranched alkanes of at least 4 members (excludes halogenated alkanes) is 3. The second kappa shape index (κ2) is 6.26. The topological polar surface area (TPSA) is 37.4 Å². The van der Waals surface area contributed by atoms with Crippen LogP contribution in [0.25, 0.3) is 10.8 Å². The van der Waals surface area contributed by atoms with Gasteiger partial charge in [0.05, 0.1) is 0 Å². The van der Waals surface area contributed by atoms with E-state index in [0.29, 0.717) is 28.6 Å². The van der Waals surface area contributed by atoms with Crippen LogP contribution in [-0.2, 0) is 0 Å². The maximum atomic E-state index is 12.7. The van der Waals surface area contributed by atoms with Gasteiger partial charge in [-0.1, -0.05) is 44.2 Å². The van der Waals surface area contributed by atoms with E-state index in [1.165, 1.54) is 4.90 Å². The Morgan fingerprint density at radius 2 is 1.74 bits per heavy atom. The zero-order valence-corrected chi connectivity index (χ0v) is 13.3. The maximum Gasteiger partial charge on any atom is 0.261 e. The average molecular weight is 305 g/mol. The molecule has 0 radical (unpaired) electrons. The van der Waals surface area contributed by atoms with Crippen molar-refractivity contribution < 1.29 is 9.59 Å². The molecule has 3 nitrogen and oxygen atoms in total. The van der Waals surface area contributed by atoms with E-state index in [1.807, 2.05) is 12.1 Å². The molecule has 2 aromatic carbocycles. The van der Waals surface area contributed by atoms with Crippen LogP contribution in [0.15, 0.2) is 30.3 Å². The largest absolute Gasteiger partial charge is 0.274 e. The highest BCUT2D eigenvalue weighted by Gasteiger charge is 2.32. The van der Waals surface area contributed by atoms with E-state index < -0.39 is 0 Å². The summed E-state index contributed by atoms with van der Waals surface area (Å²) in [5.74, 6) is 2.21. The Labute approximate surface area is 136 Å². The van der Waals surface area contributed by atoms with Crippen molar-refractivity contribution in [1.82, 2.24) is 4.90 Å². The molecule has 0 saturated carbocycles. The van der Waals surface area contributed by atoms with Crippen LogP contribution >= 0.6 is 0 Å². The normalized spacial score (nSPS) is 13.5. The number of rotatable bonds is 5. The molecule has 0 aromatic heterocycles. The van der Waals surface area contributed by atoms with Gasteiger partial charge in [0.25, 0.3) is 11.8 Å². The van der Waals surface area contributed by atoms with Crippen molar-refractivity contribution in [3.8, 4) is 12.3 Å². The summed E-state index contributed by atoms with van der Waals surface area (Å²) in [5, 5.41) is 1.50. The molecule has 1 heterocycles. The molecular weight excluding hydrogens is 286 g/mol. The molecule has 0 spiro atoms. The molecule has 116 valence electrons. The second-order valence-corrected chi connectivity index (χ2v) is 5.86. The standard InChI is InChI=1S/C20H19NO2/c1-3-5-6-7-13-21-19(22)16-10-8-9-15-14(4-2)11-12-17(18(15)16)20(21)23/h2,8-12H,3,5-7,13H2,1H3. The molecule has 23 heavy (non-hydrogen) atoms. The summed E-state index contributed by atoms with van der Waals surface area (Å²) >= 11 is 0. The molecular formula is C20H19NO2. The summed E-state index contributed by atoms with van der Waals surface area (Å²) in [6.07, 6.45) is 9.65. The smallest absolute Gasteiger partial charge is 0.261 e. The van der Waals surface area contributed by atoms with Crippen LogP contribution in [0.4, 0.5) is 0 Å². The first kappa shape index (κ1) is 15.3. The molecule has 0 aliphatic carbocycles. The van der Waals surface area contributed by atoms with Crippen molar-refractivity contribution >= 4 is 22.6 Å². The van der Waals surface area contributed by atoms with Gasteiger partial charge in [-0.15, -0.1) is 6.42 Å². The zero-order valence-electron chi connectivity index (χ0n) is 13.3. The van der Waals surface area contributed by atoms with Crippen molar-refractivity contribution in [2.24, 2.45) is 0 Å². The second-order valence-electron chi connectivity index (χ2n) is 5.86. The predicted octanol–water partition coefficient (Wildman–Crippen LogP) is 4.00. The van der Waals surface area contributed by atoms with Crippen LogP contribution in [0, 0.1) is 12.3 Å². The molecule has 0 atom stereocenters. The quantitative estimate of drug-likeness (QED) is 0.476. The molecule has 0 saturated heterocycles. The van der Waals surface area contributed by atoms with E-state index in [0.717, 1.165) is 31.1 Å². The van der Waals surface area contributed by atoms with Crippen LogP contribution in [0.5, 0.6) is 0 Å². The van der Waals surface area contributed by atoms with E-state index in [-0.39, 0.29) is 11.8 Å². The maximum absolute atomic E-state index is 12.7. The number of hydrogen-bond acceptors (Lipinski definition) is 2. The number of carbonyl (C=O) groups excluding carboxylic acids is 2. The third kappa shape index (κ3) is 2.51. The van der Waals surface area contributed by atoms with Crippen molar-refractivity contribution in [3.05, 3.63) is 47.0 Å². The molecule has 1 aliphatic rings.